The summed E-state index contributed by atoms with van der Waals surface area (Å²) in [6, 6.07) is 0. The van der Waals surface area contributed by atoms with Crippen LogP contribution in [0.5, 0.6) is 0 Å². The van der Waals surface area contributed by atoms with Crippen LogP contribution in [0.1, 0.15) is 79.1 Å². The number of Topliss-reactive ketones (excluding diaryl/α,β-unsaturated/α-hetero) is 1. The van der Waals surface area contributed by atoms with Crippen molar-refractivity contribution in [2.45, 2.75) is 95.7 Å². The molecule has 0 aromatic rings. The molecule has 5 atom stereocenters. The molecular formula is C20H36O2S. The average molecular weight is 341 g/mol. The first-order chi connectivity index (χ1) is 11.0. The van der Waals surface area contributed by atoms with Gasteiger partial charge in [-0.15, -0.1) is 0 Å². The van der Waals surface area contributed by atoms with Crippen LogP contribution in [0, 0.1) is 17.8 Å². The number of ether oxygens (including phenoxy) is 1. The van der Waals surface area contributed by atoms with E-state index in [1.54, 1.807) is 0 Å². The highest BCUT2D eigenvalue weighted by atomic mass is 32.2. The molecule has 1 aliphatic heterocycles. The Bertz CT molecular complexity index is 369. The zero-order valence-corrected chi connectivity index (χ0v) is 16.4. The number of thioether (sulfide) groups is 1. The molecule has 1 saturated carbocycles. The van der Waals surface area contributed by atoms with Crippen molar-refractivity contribution >= 4 is 17.5 Å². The van der Waals surface area contributed by atoms with Crippen molar-refractivity contribution in [3.8, 4) is 0 Å². The summed E-state index contributed by atoms with van der Waals surface area (Å²) < 4.78 is 6.14. The van der Waals surface area contributed by atoms with Gasteiger partial charge in [-0.05, 0) is 37.5 Å². The molecule has 0 aromatic carbocycles. The Hall–Kier alpha value is -0.0200. The van der Waals surface area contributed by atoms with Gasteiger partial charge in [0.2, 0.25) is 0 Å². The van der Waals surface area contributed by atoms with Gasteiger partial charge in [-0.2, -0.15) is 11.8 Å². The molecule has 2 fully saturated rings. The first-order valence-corrected chi connectivity index (χ1v) is 10.8. The molecule has 5 unspecified atom stereocenters. The van der Waals surface area contributed by atoms with Crippen LogP contribution in [0.2, 0.25) is 0 Å². The Morgan fingerprint density at radius 1 is 1.26 bits per heavy atom. The number of rotatable bonds is 8. The minimum Gasteiger partial charge on any atom is -0.377 e. The third kappa shape index (κ3) is 5.49. The summed E-state index contributed by atoms with van der Waals surface area (Å²) in [5.41, 5.74) is 0. The lowest BCUT2D eigenvalue weighted by Crippen LogP contribution is -2.38. The number of carbonyl (C=O) groups is 1. The second-order valence-corrected chi connectivity index (χ2v) is 9.45. The summed E-state index contributed by atoms with van der Waals surface area (Å²) in [5.74, 6) is 2.23. The van der Waals surface area contributed by atoms with Gasteiger partial charge in [-0.1, -0.05) is 47.0 Å². The van der Waals surface area contributed by atoms with Gasteiger partial charge in [0.15, 0.2) is 0 Å². The van der Waals surface area contributed by atoms with E-state index < -0.39 is 0 Å². The van der Waals surface area contributed by atoms with E-state index in [4.69, 9.17) is 4.74 Å². The highest BCUT2D eigenvalue weighted by Gasteiger charge is 2.39. The van der Waals surface area contributed by atoms with Gasteiger partial charge in [0, 0.05) is 29.4 Å². The molecule has 0 radical (unpaired) electrons. The van der Waals surface area contributed by atoms with Gasteiger partial charge in [-0.3, -0.25) is 4.79 Å². The number of ketones is 1. The maximum atomic E-state index is 12.3. The van der Waals surface area contributed by atoms with Crippen LogP contribution < -0.4 is 0 Å². The Balaban J connectivity index is 1.96. The lowest BCUT2D eigenvalue weighted by molar-refractivity contribution is -0.120. The van der Waals surface area contributed by atoms with Crippen molar-refractivity contribution in [1.82, 2.24) is 0 Å². The number of hydrogen-bond acceptors (Lipinski definition) is 3. The third-order valence-corrected chi connectivity index (χ3v) is 7.66. The summed E-state index contributed by atoms with van der Waals surface area (Å²) in [4.78, 5) is 12.3. The molecule has 3 heteroatoms. The average Bonchev–Trinajstić information content (AvgIpc) is 2.85. The lowest BCUT2D eigenvalue weighted by atomic mass is 9.92. The fraction of sp³-hybridized carbons (Fsp3) is 0.950. The molecule has 0 aromatic heterocycles. The van der Waals surface area contributed by atoms with Crippen LogP contribution in [0.3, 0.4) is 0 Å². The molecule has 1 aliphatic carbocycles. The van der Waals surface area contributed by atoms with E-state index >= 15 is 0 Å². The van der Waals surface area contributed by atoms with E-state index in [9.17, 15) is 4.79 Å². The fourth-order valence-corrected chi connectivity index (χ4v) is 5.92. The predicted octanol–water partition coefficient (Wildman–Crippen LogP) is 5.49. The number of unbranched alkanes of at least 4 members (excludes halogenated alkanes) is 2. The van der Waals surface area contributed by atoms with Gasteiger partial charge in [0.05, 0.1) is 6.10 Å². The first kappa shape index (κ1) is 19.3. The highest BCUT2D eigenvalue weighted by Crippen LogP contribution is 2.42. The Morgan fingerprint density at radius 3 is 2.70 bits per heavy atom. The Labute approximate surface area is 147 Å². The zero-order chi connectivity index (χ0) is 16.8. The number of hydrogen-bond donors (Lipinski definition) is 0. The molecule has 1 heterocycles. The first-order valence-electron chi connectivity index (χ1n) is 9.82. The van der Waals surface area contributed by atoms with Crippen molar-refractivity contribution in [2.24, 2.45) is 17.8 Å². The topological polar surface area (TPSA) is 26.3 Å². The monoisotopic (exact) mass is 340 g/mol. The van der Waals surface area contributed by atoms with Crippen molar-refractivity contribution in [2.75, 3.05) is 6.61 Å². The maximum absolute atomic E-state index is 12.3. The van der Waals surface area contributed by atoms with Crippen molar-refractivity contribution in [3.05, 3.63) is 0 Å². The van der Waals surface area contributed by atoms with Crippen LogP contribution in [0.25, 0.3) is 0 Å². The van der Waals surface area contributed by atoms with Crippen molar-refractivity contribution in [1.29, 1.82) is 0 Å². The normalized spacial score (nSPS) is 33.3. The maximum Gasteiger partial charge on any atom is 0.137 e. The molecular weight excluding hydrogens is 304 g/mol. The summed E-state index contributed by atoms with van der Waals surface area (Å²) in [7, 11) is 0. The van der Waals surface area contributed by atoms with Gasteiger partial charge in [-0.25, -0.2) is 0 Å². The SMILES string of the molecule is CCCCCC1C(=O)CCC1SC(C(C)C)C1CC(C)CCO1. The van der Waals surface area contributed by atoms with Crippen LogP contribution in [-0.4, -0.2) is 29.0 Å². The number of carbonyl (C=O) groups excluding carboxylic acids is 1. The van der Waals surface area contributed by atoms with E-state index in [1.165, 1.54) is 32.1 Å². The fourth-order valence-electron chi connectivity index (χ4n) is 4.11. The molecule has 1 saturated heterocycles. The standard InChI is InChI=1S/C20H36O2S/c1-5-6-7-8-16-17(21)9-10-19(16)23-20(14(2)3)18-13-15(4)11-12-22-18/h14-16,18-20H,5-13H2,1-4H3. The molecule has 134 valence electrons. The summed E-state index contributed by atoms with van der Waals surface area (Å²) in [6.45, 7) is 10.1. The van der Waals surface area contributed by atoms with E-state index in [1.807, 2.05) is 0 Å². The molecule has 23 heavy (non-hydrogen) atoms. The zero-order valence-electron chi connectivity index (χ0n) is 15.6. The summed E-state index contributed by atoms with van der Waals surface area (Å²) in [6.07, 6.45) is 9.50. The minimum atomic E-state index is 0.314. The summed E-state index contributed by atoms with van der Waals surface area (Å²) in [5, 5.41) is 1.08. The lowest BCUT2D eigenvalue weighted by Gasteiger charge is -2.37. The van der Waals surface area contributed by atoms with E-state index in [-0.39, 0.29) is 0 Å². The second kappa shape index (κ2) is 9.46. The van der Waals surface area contributed by atoms with Gasteiger partial charge in [0.25, 0.3) is 0 Å². The quantitative estimate of drug-likeness (QED) is 0.547. The predicted molar refractivity (Wildman–Crippen MR) is 100 cm³/mol. The third-order valence-electron chi connectivity index (χ3n) is 5.59. The highest BCUT2D eigenvalue weighted by molar-refractivity contribution is 8.00. The van der Waals surface area contributed by atoms with E-state index in [0.717, 1.165) is 31.8 Å². The van der Waals surface area contributed by atoms with Crippen LogP contribution >= 0.6 is 11.8 Å². The molecule has 0 N–H and O–H groups in total. The Kier molecular flexibility index (Phi) is 7.94. The van der Waals surface area contributed by atoms with Gasteiger partial charge < -0.3 is 4.74 Å². The van der Waals surface area contributed by atoms with Gasteiger partial charge >= 0.3 is 0 Å². The molecule has 2 rings (SSSR count). The second-order valence-electron chi connectivity index (χ2n) is 8.03. The smallest absolute Gasteiger partial charge is 0.137 e. The van der Waals surface area contributed by atoms with Gasteiger partial charge in [0.1, 0.15) is 5.78 Å². The van der Waals surface area contributed by atoms with Crippen LogP contribution in [0.15, 0.2) is 0 Å². The van der Waals surface area contributed by atoms with Crippen molar-refractivity contribution < 1.29 is 9.53 Å². The van der Waals surface area contributed by atoms with Crippen LogP contribution in [-0.2, 0) is 9.53 Å². The molecule has 0 spiro atoms. The van der Waals surface area contributed by atoms with Crippen molar-refractivity contribution in [3.63, 3.8) is 0 Å². The molecule has 2 aliphatic rings. The molecule has 0 bridgehead atoms. The van der Waals surface area contributed by atoms with E-state index in [2.05, 4.69) is 39.5 Å². The summed E-state index contributed by atoms with van der Waals surface area (Å²) >= 11 is 2.09. The molecule has 2 nitrogen and oxygen atoms in total. The van der Waals surface area contributed by atoms with E-state index in [0.29, 0.717) is 34.2 Å². The van der Waals surface area contributed by atoms with Crippen LogP contribution in [0.4, 0.5) is 0 Å². The molecule has 0 amide bonds. The Morgan fingerprint density at radius 2 is 2.04 bits per heavy atom. The minimum absolute atomic E-state index is 0.314. The largest absolute Gasteiger partial charge is 0.377 e.